The topological polar surface area (TPSA) is 54.3 Å². The van der Waals surface area contributed by atoms with Crippen LogP contribution in [0.25, 0.3) is 10.9 Å². The molecule has 0 spiro atoms. The maximum absolute atomic E-state index is 11.4. The molecule has 2 aromatic carbocycles. The number of aromatic nitrogens is 1. The van der Waals surface area contributed by atoms with Gasteiger partial charge in [-0.3, -0.25) is 10.0 Å². The van der Waals surface area contributed by atoms with Gasteiger partial charge in [-0.05, 0) is 30.2 Å². The van der Waals surface area contributed by atoms with Gasteiger partial charge in [0.2, 0.25) is 0 Å². The van der Waals surface area contributed by atoms with Gasteiger partial charge in [0, 0.05) is 39.4 Å². The molecule has 1 aliphatic rings. The number of nitrogens with one attached hydrogen (secondary N) is 1. The first-order valence-corrected chi connectivity index (χ1v) is 8.53. The summed E-state index contributed by atoms with van der Waals surface area (Å²) in [4.78, 5) is 12.8. The Labute approximate surface area is 138 Å². The standard InChI is InChI=1S/C18H16N2O2S/c21-18(19-22)13-7-5-12(6-8-13)11-20-15-4-2-1-3-14(15)17-16(20)9-10-23-17/h1-8,22H,9-11H2,(H,19,21). The van der Waals surface area contributed by atoms with E-state index in [1.807, 2.05) is 23.9 Å². The van der Waals surface area contributed by atoms with Gasteiger partial charge >= 0.3 is 0 Å². The molecular weight excluding hydrogens is 308 g/mol. The van der Waals surface area contributed by atoms with Crippen molar-refractivity contribution in [2.75, 3.05) is 5.75 Å². The molecule has 0 fully saturated rings. The highest BCUT2D eigenvalue weighted by molar-refractivity contribution is 7.99. The molecule has 23 heavy (non-hydrogen) atoms. The number of carbonyl (C=O) groups excluding carboxylic acids is 1. The summed E-state index contributed by atoms with van der Waals surface area (Å²) in [6.45, 7) is 0.789. The number of carbonyl (C=O) groups is 1. The number of hydroxylamine groups is 1. The van der Waals surface area contributed by atoms with Crippen LogP contribution in [0.15, 0.2) is 53.4 Å². The zero-order valence-electron chi connectivity index (χ0n) is 12.5. The first kappa shape index (κ1) is 14.4. The van der Waals surface area contributed by atoms with E-state index in [1.165, 1.54) is 21.5 Å². The second-order valence-corrected chi connectivity index (χ2v) is 6.72. The summed E-state index contributed by atoms with van der Waals surface area (Å²) in [6.07, 6.45) is 1.10. The molecule has 2 N–H and O–H groups in total. The Balaban J connectivity index is 1.72. The molecule has 4 nitrogen and oxygen atoms in total. The molecule has 1 aromatic heterocycles. The second kappa shape index (κ2) is 5.76. The Morgan fingerprint density at radius 1 is 1.17 bits per heavy atom. The molecule has 4 rings (SSSR count). The number of hydrogen-bond acceptors (Lipinski definition) is 3. The number of thioether (sulfide) groups is 1. The van der Waals surface area contributed by atoms with Crippen LogP contribution in [0.5, 0.6) is 0 Å². The summed E-state index contributed by atoms with van der Waals surface area (Å²) < 4.78 is 2.38. The molecule has 1 aliphatic heterocycles. The van der Waals surface area contributed by atoms with Crippen LogP contribution >= 0.6 is 11.8 Å². The van der Waals surface area contributed by atoms with Crippen molar-refractivity contribution in [1.82, 2.24) is 10.0 Å². The maximum Gasteiger partial charge on any atom is 0.274 e. The van der Waals surface area contributed by atoms with Gasteiger partial charge < -0.3 is 4.57 Å². The van der Waals surface area contributed by atoms with Crippen LogP contribution in [0.4, 0.5) is 0 Å². The molecule has 0 bridgehead atoms. The number of hydrogen-bond donors (Lipinski definition) is 2. The number of para-hydroxylation sites is 1. The minimum Gasteiger partial charge on any atom is -0.339 e. The fraction of sp³-hybridized carbons (Fsp3) is 0.167. The molecule has 116 valence electrons. The van der Waals surface area contributed by atoms with Crippen LogP contribution in [0.3, 0.4) is 0 Å². The van der Waals surface area contributed by atoms with Gasteiger partial charge in [0.15, 0.2) is 0 Å². The zero-order chi connectivity index (χ0) is 15.8. The minimum absolute atomic E-state index is 0.453. The van der Waals surface area contributed by atoms with Gasteiger partial charge in [-0.1, -0.05) is 30.3 Å². The lowest BCUT2D eigenvalue weighted by molar-refractivity contribution is 0.0706. The lowest BCUT2D eigenvalue weighted by Gasteiger charge is -2.10. The number of fused-ring (bicyclic) bond motifs is 3. The van der Waals surface area contributed by atoms with E-state index >= 15 is 0 Å². The average Bonchev–Trinajstić information content (AvgIpc) is 3.18. The minimum atomic E-state index is -0.486. The van der Waals surface area contributed by atoms with E-state index in [0.717, 1.165) is 24.3 Å². The van der Waals surface area contributed by atoms with Crippen LogP contribution in [0, 0.1) is 0 Å². The maximum atomic E-state index is 11.4. The fourth-order valence-corrected chi connectivity index (χ4v) is 4.38. The monoisotopic (exact) mass is 324 g/mol. The molecule has 2 heterocycles. The normalized spacial score (nSPS) is 13.3. The first-order valence-electron chi connectivity index (χ1n) is 7.54. The lowest BCUT2D eigenvalue weighted by Crippen LogP contribution is -2.18. The smallest absolute Gasteiger partial charge is 0.274 e. The molecule has 0 saturated heterocycles. The van der Waals surface area contributed by atoms with Gasteiger partial charge in [0.25, 0.3) is 5.91 Å². The van der Waals surface area contributed by atoms with Crippen LogP contribution in [0.1, 0.15) is 21.6 Å². The average molecular weight is 324 g/mol. The molecule has 0 radical (unpaired) electrons. The predicted octanol–water partition coefficient (Wildman–Crippen LogP) is 3.46. The zero-order valence-corrected chi connectivity index (χ0v) is 13.3. The summed E-state index contributed by atoms with van der Waals surface area (Å²) in [5.74, 6) is 0.658. The number of amides is 1. The van der Waals surface area contributed by atoms with Crippen molar-refractivity contribution in [3.63, 3.8) is 0 Å². The highest BCUT2D eigenvalue weighted by Crippen LogP contribution is 2.40. The molecule has 0 saturated carbocycles. The van der Waals surface area contributed by atoms with Crippen LogP contribution in [-0.4, -0.2) is 21.4 Å². The van der Waals surface area contributed by atoms with Crippen molar-refractivity contribution < 1.29 is 10.0 Å². The van der Waals surface area contributed by atoms with Crippen LogP contribution in [-0.2, 0) is 13.0 Å². The van der Waals surface area contributed by atoms with Gasteiger partial charge in [-0.25, -0.2) is 5.48 Å². The summed E-state index contributed by atoms with van der Waals surface area (Å²) in [7, 11) is 0. The molecule has 5 heteroatoms. The van der Waals surface area contributed by atoms with E-state index in [2.05, 4.69) is 28.8 Å². The van der Waals surface area contributed by atoms with Crippen molar-refractivity contribution in [3.05, 3.63) is 65.4 Å². The third-order valence-corrected chi connectivity index (χ3v) is 5.42. The van der Waals surface area contributed by atoms with Gasteiger partial charge in [0.05, 0.1) is 0 Å². The molecule has 0 unspecified atom stereocenters. The van der Waals surface area contributed by atoms with Gasteiger partial charge in [-0.2, -0.15) is 0 Å². The van der Waals surface area contributed by atoms with E-state index in [4.69, 9.17) is 5.21 Å². The van der Waals surface area contributed by atoms with Gasteiger partial charge in [-0.15, -0.1) is 11.8 Å². The Morgan fingerprint density at radius 3 is 2.74 bits per heavy atom. The third-order valence-electron chi connectivity index (χ3n) is 4.27. The van der Waals surface area contributed by atoms with Crippen LogP contribution < -0.4 is 5.48 Å². The Hall–Kier alpha value is -2.24. The fourth-order valence-electron chi connectivity index (χ4n) is 3.17. The Bertz CT molecular complexity index is 884. The third kappa shape index (κ3) is 2.42. The molecule has 0 atom stereocenters. The summed E-state index contributed by atoms with van der Waals surface area (Å²) >= 11 is 1.94. The number of nitrogens with zero attached hydrogens (tertiary/aromatic N) is 1. The quantitative estimate of drug-likeness (QED) is 0.573. The second-order valence-electron chi connectivity index (χ2n) is 5.62. The molecule has 1 amide bonds. The number of rotatable bonds is 3. The van der Waals surface area contributed by atoms with Crippen molar-refractivity contribution in [1.29, 1.82) is 0 Å². The summed E-state index contributed by atoms with van der Waals surface area (Å²) in [6, 6.07) is 15.9. The summed E-state index contributed by atoms with van der Waals surface area (Å²) in [5, 5.41) is 10.0. The van der Waals surface area contributed by atoms with Crippen molar-refractivity contribution in [3.8, 4) is 0 Å². The van der Waals surface area contributed by atoms with Crippen molar-refractivity contribution in [2.24, 2.45) is 0 Å². The highest BCUT2D eigenvalue weighted by atomic mass is 32.2. The van der Waals surface area contributed by atoms with E-state index in [-0.39, 0.29) is 0 Å². The predicted molar refractivity (Wildman–Crippen MR) is 91.2 cm³/mol. The van der Waals surface area contributed by atoms with Crippen molar-refractivity contribution in [2.45, 2.75) is 17.9 Å². The van der Waals surface area contributed by atoms with Crippen LogP contribution in [0.2, 0.25) is 0 Å². The number of benzene rings is 2. The van der Waals surface area contributed by atoms with E-state index in [1.54, 1.807) is 17.6 Å². The first-order chi connectivity index (χ1) is 11.3. The van der Waals surface area contributed by atoms with E-state index in [9.17, 15) is 4.79 Å². The molecular formula is C18H16N2O2S. The molecule has 3 aromatic rings. The summed E-state index contributed by atoms with van der Waals surface area (Å²) in [5.41, 5.74) is 5.93. The van der Waals surface area contributed by atoms with Crippen molar-refractivity contribution >= 4 is 28.6 Å². The highest BCUT2D eigenvalue weighted by Gasteiger charge is 2.21. The Morgan fingerprint density at radius 2 is 1.96 bits per heavy atom. The lowest BCUT2D eigenvalue weighted by atomic mass is 10.1. The van der Waals surface area contributed by atoms with E-state index < -0.39 is 5.91 Å². The van der Waals surface area contributed by atoms with E-state index in [0.29, 0.717) is 5.56 Å². The Kier molecular flexibility index (Phi) is 3.59. The largest absolute Gasteiger partial charge is 0.339 e. The molecule has 0 aliphatic carbocycles. The van der Waals surface area contributed by atoms with Gasteiger partial charge in [0.1, 0.15) is 0 Å². The SMILES string of the molecule is O=C(NO)c1ccc(Cn2c3c(c4ccccc42)SCC3)cc1.